The van der Waals surface area contributed by atoms with Gasteiger partial charge in [-0.25, -0.2) is 0 Å². The van der Waals surface area contributed by atoms with E-state index in [9.17, 15) is 0 Å². The molecule has 0 bridgehead atoms. The lowest BCUT2D eigenvalue weighted by molar-refractivity contribution is 0.199. The number of nitrogens with one attached hydrogen (secondary N) is 1. The van der Waals surface area contributed by atoms with E-state index in [1.807, 2.05) is 0 Å². The second-order valence-electron chi connectivity index (χ2n) is 6.18. The molecule has 1 atom stereocenters. The van der Waals surface area contributed by atoms with Crippen molar-refractivity contribution in [2.24, 2.45) is 5.92 Å². The molecule has 2 nitrogen and oxygen atoms in total. The lowest BCUT2D eigenvalue weighted by Gasteiger charge is -2.29. The van der Waals surface area contributed by atoms with E-state index in [0.29, 0.717) is 0 Å². The van der Waals surface area contributed by atoms with Gasteiger partial charge in [0.1, 0.15) is 0 Å². The van der Waals surface area contributed by atoms with Gasteiger partial charge in [0.25, 0.3) is 0 Å². The Kier molecular flexibility index (Phi) is 6.53. The first-order chi connectivity index (χ1) is 9.65. The Balaban J connectivity index is 1.67. The van der Waals surface area contributed by atoms with E-state index in [4.69, 9.17) is 0 Å². The maximum atomic E-state index is 3.60. The quantitative estimate of drug-likeness (QED) is 0.844. The van der Waals surface area contributed by atoms with E-state index >= 15 is 0 Å². The van der Waals surface area contributed by atoms with E-state index in [0.717, 1.165) is 19.0 Å². The van der Waals surface area contributed by atoms with Crippen molar-refractivity contribution in [2.75, 3.05) is 26.2 Å². The molecule has 3 heteroatoms. The maximum Gasteiger partial charge on any atom is 0.0205 e. The highest BCUT2D eigenvalue weighted by Gasteiger charge is 2.13. The Morgan fingerprint density at radius 1 is 1.25 bits per heavy atom. The van der Waals surface area contributed by atoms with Crippen molar-refractivity contribution in [3.05, 3.63) is 33.8 Å². The SMILES string of the molecule is Cc1cc(CNCC(C)CN2CCCCC2)ccc1Br. The number of hydrogen-bond donors (Lipinski definition) is 1. The molecule has 112 valence electrons. The molecule has 1 N–H and O–H groups in total. The predicted octanol–water partition coefficient (Wildman–Crippen LogP) is 3.97. The number of likely N-dealkylation sites (tertiary alicyclic amines) is 1. The van der Waals surface area contributed by atoms with Gasteiger partial charge in [-0.3, -0.25) is 0 Å². The molecule has 20 heavy (non-hydrogen) atoms. The van der Waals surface area contributed by atoms with Crippen LogP contribution in [0.1, 0.15) is 37.3 Å². The summed E-state index contributed by atoms with van der Waals surface area (Å²) in [7, 11) is 0. The number of hydrogen-bond acceptors (Lipinski definition) is 2. The third kappa shape index (κ3) is 5.19. The van der Waals surface area contributed by atoms with Crippen molar-refractivity contribution in [3.8, 4) is 0 Å². The Labute approximate surface area is 132 Å². The number of piperidine rings is 1. The van der Waals surface area contributed by atoms with Crippen molar-refractivity contribution >= 4 is 15.9 Å². The van der Waals surface area contributed by atoms with Crippen LogP contribution in [-0.4, -0.2) is 31.1 Å². The van der Waals surface area contributed by atoms with Crippen LogP contribution in [0.25, 0.3) is 0 Å². The molecule has 1 aromatic carbocycles. The zero-order valence-electron chi connectivity index (χ0n) is 12.8. The number of halogens is 1. The summed E-state index contributed by atoms with van der Waals surface area (Å²) in [6.45, 7) is 10.4. The van der Waals surface area contributed by atoms with Crippen LogP contribution >= 0.6 is 15.9 Å². The fourth-order valence-corrected chi connectivity index (χ4v) is 3.17. The molecule has 1 aliphatic heterocycles. The highest BCUT2D eigenvalue weighted by Crippen LogP contribution is 2.17. The summed E-state index contributed by atoms with van der Waals surface area (Å²) < 4.78 is 1.19. The van der Waals surface area contributed by atoms with Crippen LogP contribution in [0.2, 0.25) is 0 Å². The van der Waals surface area contributed by atoms with Gasteiger partial charge >= 0.3 is 0 Å². The molecule has 1 aromatic rings. The third-order valence-corrected chi connectivity index (χ3v) is 4.95. The van der Waals surface area contributed by atoms with Crippen LogP contribution in [0, 0.1) is 12.8 Å². The number of benzene rings is 1. The largest absolute Gasteiger partial charge is 0.312 e. The molecule has 0 spiro atoms. The summed E-state index contributed by atoms with van der Waals surface area (Å²) in [5.74, 6) is 0.727. The number of rotatable bonds is 6. The average Bonchev–Trinajstić information content (AvgIpc) is 2.44. The summed E-state index contributed by atoms with van der Waals surface area (Å²) >= 11 is 3.55. The normalized spacial score (nSPS) is 18.1. The van der Waals surface area contributed by atoms with Gasteiger partial charge in [-0.2, -0.15) is 0 Å². The second-order valence-corrected chi connectivity index (χ2v) is 7.04. The van der Waals surface area contributed by atoms with E-state index in [1.165, 1.54) is 54.5 Å². The van der Waals surface area contributed by atoms with Gasteiger partial charge in [-0.05, 0) is 62.5 Å². The Morgan fingerprint density at radius 3 is 2.70 bits per heavy atom. The molecule has 0 saturated carbocycles. The van der Waals surface area contributed by atoms with Crippen LogP contribution < -0.4 is 5.32 Å². The number of aryl methyl sites for hydroxylation is 1. The summed E-state index contributed by atoms with van der Waals surface area (Å²) in [6, 6.07) is 6.59. The van der Waals surface area contributed by atoms with E-state index < -0.39 is 0 Å². The second kappa shape index (κ2) is 8.16. The summed E-state index contributed by atoms with van der Waals surface area (Å²) in [5, 5.41) is 3.60. The molecule has 1 saturated heterocycles. The van der Waals surface area contributed by atoms with Crippen molar-refractivity contribution in [3.63, 3.8) is 0 Å². The maximum absolute atomic E-state index is 3.60. The zero-order valence-corrected chi connectivity index (χ0v) is 14.4. The minimum Gasteiger partial charge on any atom is -0.312 e. The fraction of sp³-hybridized carbons (Fsp3) is 0.647. The van der Waals surface area contributed by atoms with Crippen molar-refractivity contribution in [1.82, 2.24) is 10.2 Å². The average molecular weight is 339 g/mol. The van der Waals surface area contributed by atoms with Crippen LogP contribution in [0.4, 0.5) is 0 Å². The Bertz CT molecular complexity index is 413. The van der Waals surface area contributed by atoms with Crippen LogP contribution in [0.15, 0.2) is 22.7 Å². The standard InChI is InChI=1S/C17H27BrN2/c1-14(13-20-8-4-3-5-9-20)11-19-12-16-6-7-17(18)15(2)10-16/h6-7,10,14,19H,3-5,8-9,11-13H2,1-2H3. The van der Waals surface area contributed by atoms with E-state index in [1.54, 1.807) is 0 Å². The highest BCUT2D eigenvalue weighted by atomic mass is 79.9. The monoisotopic (exact) mass is 338 g/mol. The van der Waals surface area contributed by atoms with Crippen molar-refractivity contribution in [1.29, 1.82) is 0 Å². The minimum atomic E-state index is 0.727. The lowest BCUT2D eigenvalue weighted by Crippen LogP contribution is -2.36. The van der Waals surface area contributed by atoms with Crippen molar-refractivity contribution < 1.29 is 0 Å². The van der Waals surface area contributed by atoms with Gasteiger partial charge in [0.15, 0.2) is 0 Å². The fourth-order valence-electron chi connectivity index (χ4n) is 2.93. The lowest BCUT2D eigenvalue weighted by atomic mass is 10.1. The molecule has 1 unspecified atom stereocenters. The first-order valence-corrected chi connectivity index (χ1v) is 8.62. The molecular formula is C17H27BrN2. The molecule has 1 aliphatic rings. The van der Waals surface area contributed by atoms with Gasteiger partial charge in [-0.15, -0.1) is 0 Å². The minimum absolute atomic E-state index is 0.727. The molecule has 0 radical (unpaired) electrons. The van der Waals surface area contributed by atoms with Crippen LogP contribution in [0.3, 0.4) is 0 Å². The first-order valence-electron chi connectivity index (χ1n) is 7.83. The van der Waals surface area contributed by atoms with E-state index in [-0.39, 0.29) is 0 Å². The van der Waals surface area contributed by atoms with Gasteiger partial charge in [0.2, 0.25) is 0 Å². The van der Waals surface area contributed by atoms with E-state index in [2.05, 4.69) is 58.2 Å². The summed E-state index contributed by atoms with van der Waals surface area (Å²) in [5.41, 5.74) is 2.68. The van der Waals surface area contributed by atoms with Gasteiger partial charge < -0.3 is 10.2 Å². The molecular weight excluding hydrogens is 312 g/mol. The summed E-state index contributed by atoms with van der Waals surface area (Å²) in [6.07, 6.45) is 4.20. The molecule has 1 fully saturated rings. The van der Waals surface area contributed by atoms with Crippen molar-refractivity contribution in [2.45, 2.75) is 39.7 Å². The zero-order chi connectivity index (χ0) is 14.4. The Hall–Kier alpha value is -0.380. The van der Waals surface area contributed by atoms with Gasteiger partial charge in [0, 0.05) is 17.6 Å². The van der Waals surface area contributed by atoms with Crippen LogP contribution in [-0.2, 0) is 6.54 Å². The smallest absolute Gasteiger partial charge is 0.0205 e. The first kappa shape index (κ1) is 16.0. The summed E-state index contributed by atoms with van der Waals surface area (Å²) in [4.78, 5) is 2.62. The Morgan fingerprint density at radius 2 is 2.00 bits per heavy atom. The molecule has 0 aliphatic carbocycles. The third-order valence-electron chi connectivity index (χ3n) is 4.06. The predicted molar refractivity (Wildman–Crippen MR) is 90.0 cm³/mol. The molecule has 1 heterocycles. The molecule has 0 amide bonds. The van der Waals surface area contributed by atoms with Gasteiger partial charge in [-0.1, -0.05) is 41.4 Å². The molecule has 2 rings (SSSR count). The van der Waals surface area contributed by atoms with Gasteiger partial charge in [0.05, 0.1) is 0 Å². The topological polar surface area (TPSA) is 15.3 Å². The highest BCUT2D eigenvalue weighted by molar-refractivity contribution is 9.10. The number of nitrogens with zero attached hydrogens (tertiary/aromatic N) is 1. The van der Waals surface area contributed by atoms with Crippen LogP contribution in [0.5, 0.6) is 0 Å². The molecule has 0 aromatic heterocycles.